The Morgan fingerprint density at radius 2 is 1.86 bits per heavy atom. The number of carbonyl (C=O) groups excluding carboxylic acids is 2. The van der Waals surface area contributed by atoms with Crippen LogP contribution in [-0.4, -0.2) is 73.2 Å². The van der Waals surface area contributed by atoms with Crippen molar-refractivity contribution in [2.45, 2.75) is 43.3 Å². The second kappa shape index (κ2) is 7.38. The van der Waals surface area contributed by atoms with Gasteiger partial charge in [0.05, 0.1) is 19.3 Å². The molecule has 3 saturated heterocycles. The maximum absolute atomic E-state index is 12.9. The van der Waals surface area contributed by atoms with E-state index in [1.807, 2.05) is 23.5 Å². The van der Waals surface area contributed by atoms with Crippen LogP contribution in [0.25, 0.3) is 0 Å². The third kappa shape index (κ3) is 3.16. The lowest BCUT2D eigenvalue weighted by Gasteiger charge is -2.46. The summed E-state index contributed by atoms with van der Waals surface area (Å²) in [7, 11) is 0. The molecular formula is C22H29N4O3. The molecule has 1 radical (unpaired) electrons. The summed E-state index contributed by atoms with van der Waals surface area (Å²) in [5.41, 5.74) is 7.95. The van der Waals surface area contributed by atoms with Gasteiger partial charge in [0.15, 0.2) is 6.17 Å². The summed E-state index contributed by atoms with van der Waals surface area (Å²) < 4.78 is 5.49. The molecule has 4 aliphatic rings. The van der Waals surface area contributed by atoms with Crippen molar-refractivity contribution in [1.29, 1.82) is 0 Å². The molecule has 0 aromatic heterocycles. The van der Waals surface area contributed by atoms with Crippen molar-refractivity contribution in [2.24, 2.45) is 5.73 Å². The van der Waals surface area contributed by atoms with E-state index >= 15 is 0 Å². The molecule has 1 unspecified atom stereocenters. The van der Waals surface area contributed by atoms with Crippen molar-refractivity contribution in [3.63, 3.8) is 0 Å². The fourth-order valence-corrected chi connectivity index (χ4v) is 5.45. The predicted molar refractivity (Wildman–Crippen MR) is 109 cm³/mol. The second-order valence-electron chi connectivity index (χ2n) is 8.76. The lowest BCUT2D eigenvalue weighted by Crippen LogP contribution is -2.49. The normalized spacial score (nSPS) is 29.7. The fourth-order valence-electron chi connectivity index (χ4n) is 5.45. The maximum atomic E-state index is 12.9. The topological polar surface area (TPSA) is 79.1 Å². The van der Waals surface area contributed by atoms with Gasteiger partial charge in [0.1, 0.15) is 0 Å². The lowest BCUT2D eigenvalue weighted by atomic mass is 9.64. The summed E-state index contributed by atoms with van der Waals surface area (Å²) in [5, 5.41) is 0. The van der Waals surface area contributed by atoms with Crippen molar-refractivity contribution < 1.29 is 14.3 Å². The Hall–Kier alpha value is -1.96. The fraction of sp³-hybridized carbons (Fsp3) is 0.591. The minimum atomic E-state index is -0.692. The number of hydrogen-bond donors (Lipinski definition) is 1. The van der Waals surface area contributed by atoms with E-state index in [-0.39, 0.29) is 17.4 Å². The number of carbonyl (C=O) groups is 2. The van der Waals surface area contributed by atoms with Crippen molar-refractivity contribution in [3.05, 3.63) is 36.2 Å². The third-order valence-electron chi connectivity index (χ3n) is 7.14. The van der Waals surface area contributed by atoms with Gasteiger partial charge in [-0.15, -0.1) is 0 Å². The van der Waals surface area contributed by atoms with Gasteiger partial charge in [0.25, 0.3) is 5.91 Å². The van der Waals surface area contributed by atoms with E-state index in [0.29, 0.717) is 6.54 Å². The Kier molecular flexibility index (Phi) is 4.84. The minimum absolute atomic E-state index is 0.0503. The second-order valence-corrected chi connectivity index (χ2v) is 8.76. The standard InChI is InChI=1S/C22H29N4O3/c23-19(27)20-25-10-1-3-18(25)21(28)26(20)17-6-4-16(5-7-17)22(8-2-9-22)15-24-11-13-29-14-12-24/h3-7,18,20H,1-2,8-15H2,(H2,23,27)/t18-,20?/m0/s1. The van der Waals surface area contributed by atoms with Gasteiger partial charge in [-0.1, -0.05) is 18.6 Å². The summed E-state index contributed by atoms with van der Waals surface area (Å²) in [6, 6.07) is 7.95. The van der Waals surface area contributed by atoms with Crippen molar-refractivity contribution >= 4 is 17.5 Å². The number of nitrogens with zero attached hydrogens (tertiary/aromatic N) is 3. The van der Waals surface area contributed by atoms with Crippen LogP contribution in [-0.2, 0) is 19.7 Å². The zero-order valence-electron chi connectivity index (χ0n) is 16.8. The van der Waals surface area contributed by atoms with Gasteiger partial charge in [-0.25, -0.2) is 0 Å². The van der Waals surface area contributed by atoms with E-state index in [2.05, 4.69) is 17.0 Å². The van der Waals surface area contributed by atoms with Crippen LogP contribution in [0.4, 0.5) is 5.69 Å². The molecular weight excluding hydrogens is 368 g/mol. The van der Waals surface area contributed by atoms with Gasteiger partial charge < -0.3 is 10.5 Å². The molecule has 0 bridgehead atoms. The molecule has 7 heteroatoms. The van der Waals surface area contributed by atoms with Crippen LogP contribution in [0.1, 0.15) is 31.2 Å². The number of rotatable bonds is 5. The largest absolute Gasteiger partial charge is 0.379 e. The maximum Gasteiger partial charge on any atom is 0.255 e. The number of fused-ring (bicyclic) bond motifs is 1. The van der Waals surface area contributed by atoms with Gasteiger partial charge in [0.2, 0.25) is 5.91 Å². The number of ether oxygens (including phenoxy) is 1. The molecule has 7 nitrogen and oxygen atoms in total. The highest BCUT2D eigenvalue weighted by molar-refractivity contribution is 6.06. The van der Waals surface area contributed by atoms with E-state index < -0.39 is 12.1 Å². The van der Waals surface area contributed by atoms with Crippen LogP contribution < -0.4 is 10.6 Å². The van der Waals surface area contributed by atoms with Crippen LogP contribution >= 0.6 is 0 Å². The SMILES string of the molecule is NC(=O)C1N(c2ccc(C3(CN4CCOCC4)CCC3)cc2)C(=O)[C@@H]2[CH]CCN12. The molecule has 29 heavy (non-hydrogen) atoms. The number of amides is 2. The average Bonchev–Trinajstić information content (AvgIpc) is 3.28. The van der Waals surface area contributed by atoms with E-state index in [9.17, 15) is 9.59 Å². The molecule has 2 N–H and O–H groups in total. The quantitative estimate of drug-likeness (QED) is 0.798. The van der Waals surface area contributed by atoms with Gasteiger partial charge in [0, 0.05) is 37.3 Å². The Balaban J connectivity index is 1.38. The molecule has 1 saturated carbocycles. The van der Waals surface area contributed by atoms with E-state index in [1.165, 1.54) is 24.8 Å². The number of benzene rings is 1. The highest BCUT2D eigenvalue weighted by atomic mass is 16.5. The molecule has 155 valence electrons. The highest BCUT2D eigenvalue weighted by Crippen LogP contribution is 2.45. The molecule has 0 spiro atoms. The number of primary amides is 1. The summed E-state index contributed by atoms with van der Waals surface area (Å²) in [6.45, 7) is 5.38. The third-order valence-corrected chi connectivity index (χ3v) is 7.14. The minimum Gasteiger partial charge on any atom is -0.379 e. The summed E-state index contributed by atoms with van der Waals surface area (Å²) in [4.78, 5) is 31.1. The molecule has 1 aromatic carbocycles. The van der Waals surface area contributed by atoms with Gasteiger partial charge >= 0.3 is 0 Å². The van der Waals surface area contributed by atoms with Crippen LogP contribution in [0.15, 0.2) is 24.3 Å². The average molecular weight is 397 g/mol. The summed E-state index contributed by atoms with van der Waals surface area (Å²) >= 11 is 0. The molecule has 5 rings (SSSR count). The Bertz CT molecular complexity index is 786. The first-order valence-electron chi connectivity index (χ1n) is 10.7. The Morgan fingerprint density at radius 3 is 2.48 bits per heavy atom. The Labute approximate surface area is 171 Å². The molecule has 1 aliphatic carbocycles. The summed E-state index contributed by atoms with van der Waals surface area (Å²) in [5.74, 6) is -0.520. The van der Waals surface area contributed by atoms with Crippen molar-refractivity contribution in [1.82, 2.24) is 9.80 Å². The zero-order valence-corrected chi connectivity index (χ0v) is 16.8. The molecule has 3 aliphatic heterocycles. The Morgan fingerprint density at radius 1 is 1.14 bits per heavy atom. The number of morpholine rings is 1. The molecule has 2 atom stereocenters. The first kappa shape index (κ1) is 19.0. The summed E-state index contributed by atoms with van der Waals surface area (Å²) in [6.07, 6.45) is 5.76. The van der Waals surface area contributed by atoms with Crippen LogP contribution in [0.2, 0.25) is 0 Å². The van der Waals surface area contributed by atoms with E-state index in [1.54, 1.807) is 4.90 Å². The van der Waals surface area contributed by atoms with E-state index in [0.717, 1.165) is 45.0 Å². The van der Waals surface area contributed by atoms with E-state index in [4.69, 9.17) is 10.5 Å². The van der Waals surface area contributed by atoms with Gasteiger partial charge in [-0.05, 0) is 43.4 Å². The van der Waals surface area contributed by atoms with Crippen molar-refractivity contribution in [2.75, 3.05) is 44.3 Å². The predicted octanol–water partition coefficient (Wildman–Crippen LogP) is 0.877. The van der Waals surface area contributed by atoms with Crippen LogP contribution in [0.3, 0.4) is 0 Å². The zero-order chi connectivity index (χ0) is 20.0. The number of hydrogen-bond acceptors (Lipinski definition) is 5. The van der Waals surface area contributed by atoms with Crippen molar-refractivity contribution in [3.8, 4) is 0 Å². The molecule has 4 fully saturated rings. The highest BCUT2D eigenvalue weighted by Gasteiger charge is 2.51. The first-order valence-corrected chi connectivity index (χ1v) is 10.7. The first-order chi connectivity index (χ1) is 14.1. The number of nitrogens with two attached hydrogens (primary N) is 1. The van der Waals surface area contributed by atoms with Crippen LogP contribution in [0, 0.1) is 6.42 Å². The molecule has 2 amide bonds. The molecule has 3 heterocycles. The van der Waals surface area contributed by atoms with Gasteiger partial charge in [-0.3, -0.25) is 24.3 Å². The number of anilines is 1. The lowest BCUT2D eigenvalue weighted by molar-refractivity contribution is -0.122. The monoisotopic (exact) mass is 397 g/mol. The smallest absolute Gasteiger partial charge is 0.255 e. The molecule has 1 aromatic rings. The van der Waals surface area contributed by atoms with Crippen LogP contribution in [0.5, 0.6) is 0 Å². The van der Waals surface area contributed by atoms with Gasteiger partial charge in [-0.2, -0.15) is 0 Å².